The lowest BCUT2D eigenvalue weighted by Gasteiger charge is -2.22. The molecule has 0 atom stereocenters. The van der Waals surface area contributed by atoms with Gasteiger partial charge in [0.1, 0.15) is 0 Å². The third-order valence-electron chi connectivity index (χ3n) is 2.31. The van der Waals surface area contributed by atoms with Crippen LogP contribution in [0.4, 0.5) is 24.5 Å². The monoisotopic (exact) mass is 202 g/mol. The zero-order valence-electron chi connectivity index (χ0n) is 7.30. The summed E-state index contributed by atoms with van der Waals surface area (Å²) < 4.78 is 37.3. The van der Waals surface area contributed by atoms with E-state index in [4.69, 9.17) is 5.73 Å². The zero-order chi connectivity index (χ0) is 10.3. The van der Waals surface area contributed by atoms with Crippen LogP contribution in [0, 0.1) is 0 Å². The van der Waals surface area contributed by atoms with Crippen LogP contribution in [0.1, 0.15) is 5.56 Å². The summed E-state index contributed by atoms with van der Waals surface area (Å²) in [6.07, 6.45) is -3.89. The minimum absolute atomic E-state index is 0.0116. The Balaban J connectivity index is 2.41. The smallest absolute Gasteiger partial charge is 0.399 e. The van der Waals surface area contributed by atoms with E-state index < -0.39 is 6.30 Å². The molecule has 0 unspecified atom stereocenters. The Morgan fingerprint density at radius 3 is 2.64 bits per heavy atom. The van der Waals surface area contributed by atoms with Crippen molar-refractivity contribution in [3.63, 3.8) is 0 Å². The van der Waals surface area contributed by atoms with Gasteiger partial charge in [0.15, 0.2) is 0 Å². The third-order valence-corrected chi connectivity index (χ3v) is 2.31. The molecule has 1 aromatic rings. The van der Waals surface area contributed by atoms with Gasteiger partial charge in [-0.1, -0.05) is 0 Å². The molecule has 5 heteroatoms. The number of alkyl halides is 3. The second-order valence-electron chi connectivity index (χ2n) is 3.26. The number of halogens is 3. The van der Waals surface area contributed by atoms with Crippen molar-refractivity contribution in [2.24, 2.45) is 0 Å². The van der Waals surface area contributed by atoms with Crippen molar-refractivity contribution in [1.29, 1.82) is 0 Å². The van der Waals surface area contributed by atoms with E-state index in [0.717, 1.165) is 0 Å². The number of anilines is 2. The Hall–Kier alpha value is -1.39. The Morgan fingerprint density at radius 2 is 2.00 bits per heavy atom. The minimum Gasteiger partial charge on any atom is -0.399 e. The fraction of sp³-hybridized carbons (Fsp3) is 0.333. The molecule has 76 valence electrons. The van der Waals surface area contributed by atoms with Gasteiger partial charge < -0.3 is 5.73 Å². The zero-order valence-corrected chi connectivity index (χ0v) is 7.30. The van der Waals surface area contributed by atoms with E-state index >= 15 is 0 Å². The molecule has 0 fully saturated rings. The normalized spacial score (nSPS) is 15.8. The van der Waals surface area contributed by atoms with Crippen LogP contribution in [-0.2, 0) is 6.42 Å². The molecule has 2 N–H and O–H groups in total. The maximum absolute atomic E-state index is 12.4. The summed E-state index contributed by atoms with van der Waals surface area (Å²) in [5.74, 6) is 0. The number of rotatable bonds is 0. The molecule has 0 bridgehead atoms. The topological polar surface area (TPSA) is 29.3 Å². The van der Waals surface area contributed by atoms with Gasteiger partial charge >= 0.3 is 6.30 Å². The van der Waals surface area contributed by atoms with E-state index in [2.05, 4.69) is 0 Å². The predicted octanol–water partition coefficient (Wildman–Crippen LogP) is 2.15. The average molecular weight is 202 g/mol. The van der Waals surface area contributed by atoms with Crippen molar-refractivity contribution in [2.45, 2.75) is 12.7 Å². The number of hydrogen-bond donors (Lipinski definition) is 1. The molecule has 2 rings (SSSR count). The van der Waals surface area contributed by atoms with Crippen LogP contribution in [0.25, 0.3) is 0 Å². The van der Waals surface area contributed by atoms with Crippen LogP contribution < -0.4 is 10.6 Å². The molecule has 0 amide bonds. The Kier molecular flexibility index (Phi) is 1.83. The lowest BCUT2D eigenvalue weighted by Crippen LogP contribution is -2.36. The summed E-state index contributed by atoms with van der Waals surface area (Å²) in [4.78, 5) is 0.446. The van der Waals surface area contributed by atoms with Crippen LogP contribution in [0.5, 0.6) is 0 Å². The lowest BCUT2D eigenvalue weighted by molar-refractivity contribution is -0.127. The van der Waals surface area contributed by atoms with E-state index in [-0.39, 0.29) is 12.2 Å². The number of fused-ring (bicyclic) bond motifs is 1. The highest BCUT2D eigenvalue weighted by Crippen LogP contribution is 2.36. The van der Waals surface area contributed by atoms with E-state index in [0.29, 0.717) is 22.6 Å². The third kappa shape index (κ3) is 1.38. The Bertz CT molecular complexity index is 360. The number of nitrogens with two attached hydrogens (primary N) is 1. The highest BCUT2D eigenvalue weighted by Gasteiger charge is 2.40. The first kappa shape index (κ1) is 9.18. The van der Waals surface area contributed by atoms with Gasteiger partial charge in [0.05, 0.1) is 0 Å². The van der Waals surface area contributed by atoms with Crippen molar-refractivity contribution in [2.75, 3.05) is 17.2 Å². The molecule has 1 aromatic carbocycles. The second-order valence-corrected chi connectivity index (χ2v) is 3.26. The summed E-state index contributed by atoms with van der Waals surface area (Å²) in [6.45, 7) is -0.0116. The molecule has 1 heterocycles. The first-order valence-corrected chi connectivity index (χ1v) is 4.21. The molecule has 14 heavy (non-hydrogen) atoms. The summed E-state index contributed by atoms with van der Waals surface area (Å²) in [6, 6.07) is 4.51. The largest absolute Gasteiger partial charge is 0.484 e. The number of hydrogen-bond acceptors (Lipinski definition) is 2. The molecular weight excluding hydrogens is 193 g/mol. The number of nitrogen functional groups attached to an aromatic ring is 1. The van der Waals surface area contributed by atoms with Crippen molar-refractivity contribution in [3.05, 3.63) is 23.8 Å². The van der Waals surface area contributed by atoms with Crippen LogP contribution >= 0.6 is 0 Å². The van der Waals surface area contributed by atoms with Gasteiger partial charge in [-0.05, 0) is 30.2 Å². The molecule has 0 spiro atoms. The van der Waals surface area contributed by atoms with Crippen LogP contribution in [0.2, 0.25) is 0 Å². The van der Waals surface area contributed by atoms with Crippen molar-refractivity contribution in [1.82, 2.24) is 0 Å². The molecule has 2 nitrogen and oxygen atoms in total. The van der Waals surface area contributed by atoms with Crippen LogP contribution in [-0.4, -0.2) is 12.8 Å². The molecule has 0 aliphatic carbocycles. The van der Waals surface area contributed by atoms with Crippen molar-refractivity contribution in [3.8, 4) is 0 Å². The van der Waals surface area contributed by atoms with Gasteiger partial charge in [0.2, 0.25) is 0 Å². The number of nitrogens with zero attached hydrogens (tertiary/aromatic N) is 1. The van der Waals surface area contributed by atoms with Crippen molar-refractivity contribution >= 4 is 11.4 Å². The maximum atomic E-state index is 12.4. The average Bonchev–Trinajstić information content (AvgIpc) is 2.45. The molecule has 0 saturated heterocycles. The first-order valence-electron chi connectivity index (χ1n) is 4.21. The fourth-order valence-electron chi connectivity index (χ4n) is 1.69. The van der Waals surface area contributed by atoms with Gasteiger partial charge in [-0.25, -0.2) is 0 Å². The number of benzene rings is 1. The van der Waals surface area contributed by atoms with E-state index in [9.17, 15) is 13.2 Å². The fourth-order valence-corrected chi connectivity index (χ4v) is 1.69. The van der Waals surface area contributed by atoms with Gasteiger partial charge in [0, 0.05) is 17.9 Å². The summed E-state index contributed by atoms with van der Waals surface area (Å²) in [5, 5.41) is 0. The first-order chi connectivity index (χ1) is 6.48. The van der Waals surface area contributed by atoms with Gasteiger partial charge in [-0.3, -0.25) is 4.90 Å². The molecule has 0 aromatic heterocycles. The molecule has 0 saturated carbocycles. The summed E-state index contributed by atoms with van der Waals surface area (Å²) >= 11 is 0. The standard InChI is InChI=1S/C9H9F3N2/c10-9(11,12)14-4-3-6-5-7(13)1-2-8(6)14/h1-2,5H,3-4,13H2. The van der Waals surface area contributed by atoms with Gasteiger partial charge in [-0.15, -0.1) is 0 Å². The highest BCUT2D eigenvalue weighted by molar-refractivity contribution is 5.63. The quantitative estimate of drug-likeness (QED) is 0.516. The lowest BCUT2D eigenvalue weighted by atomic mass is 10.1. The van der Waals surface area contributed by atoms with Gasteiger partial charge in [0.25, 0.3) is 0 Å². The van der Waals surface area contributed by atoms with E-state index in [1.165, 1.54) is 12.1 Å². The maximum Gasteiger partial charge on any atom is 0.484 e. The summed E-state index contributed by atoms with van der Waals surface area (Å²) in [7, 11) is 0. The van der Waals surface area contributed by atoms with Crippen LogP contribution in [0.15, 0.2) is 18.2 Å². The Labute approximate surface area is 79.1 Å². The second kappa shape index (κ2) is 2.80. The molecule has 0 radical (unpaired) electrons. The van der Waals surface area contributed by atoms with E-state index in [1.807, 2.05) is 0 Å². The highest BCUT2D eigenvalue weighted by atomic mass is 19.4. The summed E-state index contributed by atoms with van der Waals surface area (Å²) in [5.41, 5.74) is 6.89. The van der Waals surface area contributed by atoms with Gasteiger partial charge in [-0.2, -0.15) is 13.2 Å². The molecular formula is C9H9F3N2. The van der Waals surface area contributed by atoms with E-state index in [1.54, 1.807) is 6.07 Å². The Morgan fingerprint density at radius 1 is 1.29 bits per heavy atom. The van der Waals surface area contributed by atoms with Crippen molar-refractivity contribution < 1.29 is 13.2 Å². The molecule has 1 aliphatic heterocycles. The van der Waals surface area contributed by atoms with Crippen LogP contribution in [0.3, 0.4) is 0 Å². The minimum atomic E-state index is -4.29. The predicted molar refractivity (Wildman–Crippen MR) is 48.0 cm³/mol. The SMILES string of the molecule is Nc1ccc2c(c1)CCN2C(F)(F)F. The molecule has 1 aliphatic rings.